The Kier molecular flexibility index (Phi) is 31.1. The molecule has 0 radical (unpaired) electrons. The van der Waals surface area contributed by atoms with Gasteiger partial charge in [0.25, 0.3) is 47.3 Å². The first-order chi connectivity index (χ1) is 70.3. The number of hydrogen-bond donors (Lipinski definition) is 11. The molecule has 5 aromatic carbocycles. The second kappa shape index (κ2) is 44.8. The van der Waals surface area contributed by atoms with E-state index in [0.717, 1.165) is 245 Å². The van der Waals surface area contributed by atoms with Gasteiger partial charge in [0, 0.05) is 187 Å². The van der Waals surface area contributed by atoms with Crippen LogP contribution in [0.5, 0.6) is 0 Å². The first kappa shape index (κ1) is 101. The van der Waals surface area contributed by atoms with Crippen molar-refractivity contribution in [3.63, 3.8) is 0 Å². The van der Waals surface area contributed by atoms with Crippen LogP contribution in [0, 0.1) is 51.0 Å². The van der Waals surface area contributed by atoms with Crippen LogP contribution in [0.4, 0.5) is 46.0 Å². The Balaban J connectivity index is 0.000000123. The van der Waals surface area contributed by atoms with Crippen molar-refractivity contribution in [2.75, 3.05) is 151 Å². The Morgan fingerprint density at radius 3 is 1.34 bits per heavy atom. The Morgan fingerprint density at radius 1 is 0.421 bits per heavy atom. The number of halogens is 5. The van der Waals surface area contributed by atoms with E-state index in [1.54, 1.807) is 59.8 Å². The number of aromatic amines is 4. The van der Waals surface area contributed by atoms with Crippen molar-refractivity contribution < 1.29 is 65.8 Å². The number of amides is 8. The summed E-state index contributed by atoms with van der Waals surface area (Å²) in [6, 6.07) is 25.8. The third-order valence-corrected chi connectivity index (χ3v) is 30.8. The van der Waals surface area contributed by atoms with Gasteiger partial charge in [-0.05, 0) is 322 Å². The molecule has 5 aromatic heterocycles. The van der Waals surface area contributed by atoms with E-state index in [4.69, 9.17) is 4.74 Å². The van der Waals surface area contributed by atoms with Gasteiger partial charge in [0.2, 0.25) is 0 Å². The molecule has 22 rings (SSSR count). The number of benzene rings is 5. The number of carbonyl (C=O) groups excluding carboxylic acids is 8. The SMILES string of the molecule is Cc1c(/C=C2\C(=O)Nc3c(Br)cc(F)cc32)[nH]c2c1C(=O)N(CCN1CCCCC1)CCC2.Cc1c(/C=C2\C(=O)Nc3cc(NCc4ccc(F)cc4)c(F)cc32)[nH]c2c1C(=O)N(CCN1CCCCC1)CCC2.Cc1c(/C=C2\C(=O)Nc3ccc(F)cc32)[nH]c2c1C(=O)N(C[C@H](O)NC1CCOCC1)CCC2.Cc1c(/C=C2\C(=O)Nc3cccc(-c4ccncc4)c32)[nH]c2c1C(=O)N(CCN1CCCCC1)CCC2. The molecule has 4 fully saturated rings. The number of piperidine rings is 3. The van der Waals surface area contributed by atoms with Crippen molar-refractivity contribution >= 4 is 138 Å². The number of fused-ring (bicyclic) bond motifs is 8. The second-order valence-corrected chi connectivity index (χ2v) is 40.6. The van der Waals surface area contributed by atoms with Crippen LogP contribution in [-0.4, -0.2) is 248 Å². The minimum absolute atomic E-state index is 0.0344. The Bertz CT molecular complexity index is 6770. The van der Waals surface area contributed by atoms with Gasteiger partial charge in [0.05, 0.1) is 68.2 Å². The third-order valence-electron chi connectivity index (χ3n) is 30.2. The summed E-state index contributed by atoms with van der Waals surface area (Å²) in [6.07, 6.45) is 29.3. The Labute approximate surface area is 849 Å². The Morgan fingerprint density at radius 2 is 0.841 bits per heavy atom. The van der Waals surface area contributed by atoms with E-state index in [9.17, 15) is 56.6 Å². The molecule has 12 aliphatic rings. The van der Waals surface area contributed by atoms with E-state index in [0.29, 0.717) is 122 Å². The quantitative estimate of drug-likeness (QED) is 0.0181. The number of anilines is 5. The van der Waals surface area contributed by atoms with Crippen LogP contribution in [0.3, 0.4) is 0 Å². The minimum atomic E-state index is -0.817. The predicted molar refractivity (Wildman–Crippen MR) is 559 cm³/mol. The normalized spacial score (nSPS) is 19.5. The van der Waals surface area contributed by atoms with E-state index in [2.05, 4.69) is 87.5 Å². The first-order valence-electron chi connectivity index (χ1n) is 51.3. The fraction of sp³-hybridized carbons (Fsp3) is 0.402. The molecule has 0 unspecified atom stereocenters. The smallest absolute Gasteiger partial charge is 0.256 e. The highest BCUT2D eigenvalue weighted by molar-refractivity contribution is 9.10. The number of aliphatic hydroxyl groups is 1. The van der Waals surface area contributed by atoms with Crippen LogP contribution in [-0.2, 0) is 56.1 Å². The summed E-state index contributed by atoms with van der Waals surface area (Å²) in [6.45, 7) is 24.0. The molecule has 28 nitrogen and oxygen atoms in total. The number of hydrogen-bond acceptors (Lipinski definition) is 16. The minimum Gasteiger partial charge on any atom is -0.381 e. The highest BCUT2D eigenvalue weighted by atomic mass is 79.9. The van der Waals surface area contributed by atoms with Gasteiger partial charge < -0.3 is 90.7 Å². The molecule has 0 bridgehead atoms. The van der Waals surface area contributed by atoms with E-state index < -0.39 is 23.7 Å². The number of H-pyrrole nitrogens is 4. The number of β-amino-alcohol motifs (C(OH)–C–C–N with tert-alkyl or cyclic N) is 1. The number of aryl methyl sites for hydroxylation is 4. The molecule has 145 heavy (non-hydrogen) atoms. The van der Waals surface area contributed by atoms with E-state index >= 15 is 4.39 Å². The summed E-state index contributed by atoms with van der Waals surface area (Å²) in [5, 5.41) is 28.2. The molecule has 0 spiro atoms. The molecule has 33 heteroatoms. The van der Waals surface area contributed by atoms with Gasteiger partial charge in [-0.2, -0.15) is 0 Å². The molecule has 4 saturated heterocycles. The molecule has 11 N–H and O–H groups in total. The van der Waals surface area contributed by atoms with Crippen LogP contribution >= 0.6 is 15.9 Å². The largest absolute Gasteiger partial charge is 0.381 e. The molecule has 10 aromatic rings. The van der Waals surface area contributed by atoms with E-state index in [1.807, 2.05) is 78.8 Å². The average Bonchev–Trinajstić information content (AvgIpc) is 1.62. The van der Waals surface area contributed by atoms with Crippen molar-refractivity contribution in [1.29, 1.82) is 0 Å². The summed E-state index contributed by atoms with van der Waals surface area (Å²) in [7, 11) is 0. The lowest BCUT2D eigenvalue weighted by molar-refractivity contribution is -0.111. The van der Waals surface area contributed by atoms with Gasteiger partial charge in [-0.1, -0.05) is 43.5 Å². The molecule has 0 aliphatic carbocycles. The summed E-state index contributed by atoms with van der Waals surface area (Å²) in [5.41, 5.74) is 22.2. The number of nitrogens with zero attached hydrogens (tertiary/aromatic N) is 8. The number of aliphatic hydroxyl groups excluding tert-OH is 1. The van der Waals surface area contributed by atoms with Gasteiger partial charge in [0.1, 0.15) is 29.5 Å². The maximum absolute atomic E-state index is 15.1. The number of likely N-dealkylation sites (tertiary alicyclic amines) is 3. The fourth-order valence-corrected chi connectivity index (χ4v) is 22.8. The number of carbonyl (C=O) groups is 8. The van der Waals surface area contributed by atoms with Gasteiger partial charge in [-0.3, -0.25) is 48.7 Å². The fourth-order valence-electron chi connectivity index (χ4n) is 22.3. The van der Waals surface area contributed by atoms with Crippen LogP contribution in [0.1, 0.15) is 233 Å². The highest BCUT2D eigenvalue weighted by Gasteiger charge is 2.39. The maximum atomic E-state index is 15.1. The third kappa shape index (κ3) is 22.3. The van der Waals surface area contributed by atoms with Crippen molar-refractivity contribution in [3.8, 4) is 11.1 Å². The number of pyridine rings is 1. The van der Waals surface area contributed by atoms with Crippen molar-refractivity contribution in [3.05, 3.63) is 255 Å². The predicted octanol–water partition coefficient (Wildman–Crippen LogP) is 17.4. The summed E-state index contributed by atoms with van der Waals surface area (Å²) in [5.74, 6) is -2.64. The molecular formula is C112H125BrF4N18O10. The molecule has 0 saturated carbocycles. The average molecular weight is 2040 g/mol. The molecular weight excluding hydrogens is 1910 g/mol. The van der Waals surface area contributed by atoms with Gasteiger partial charge in [-0.15, -0.1) is 0 Å². The van der Waals surface area contributed by atoms with Crippen molar-refractivity contribution in [1.82, 2.24) is 64.5 Å². The highest BCUT2D eigenvalue weighted by Crippen LogP contribution is 2.45. The molecule has 1 atom stereocenters. The summed E-state index contributed by atoms with van der Waals surface area (Å²) < 4.78 is 62.0. The van der Waals surface area contributed by atoms with Gasteiger partial charge >= 0.3 is 0 Å². The summed E-state index contributed by atoms with van der Waals surface area (Å²) in [4.78, 5) is 138. The maximum Gasteiger partial charge on any atom is 0.256 e. The van der Waals surface area contributed by atoms with Crippen LogP contribution in [0.2, 0.25) is 0 Å². The zero-order valence-corrected chi connectivity index (χ0v) is 84.1. The molecule has 12 aliphatic heterocycles. The Hall–Kier alpha value is -13.2. The zero-order chi connectivity index (χ0) is 101. The first-order valence-corrected chi connectivity index (χ1v) is 52.1. The monoisotopic (exact) mass is 2040 g/mol. The van der Waals surface area contributed by atoms with Gasteiger partial charge in [-0.25, -0.2) is 17.6 Å². The van der Waals surface area contributed by atoms with E-state index in [-0.39, 0.29) is 71.3 Å². The lowest BCUT2D eigenvalue weighted by atomic mass is 9.94. The molecule has 8 amide bonds. The van der Waals surface area contributed by atoms with Crippen LogP contribution < -0.4 is 31.9 Å². The lowest BCUT2D eigenvalue weighted by Crippen LogP contribution is -2.48. The van der Waals surface area contributed by atoms with Crippen LogP contribution in [0.25, 0.3) is 57.7 Å². The van der Waals surface area contributed by atoms with E-state index in [1.165, 1.54) is 100 Å². The topological polar surface area (TPSA) is 337 Å². The van der Waals surface area contributed by atoms with Crippen molar-refractivity contribution in [2.24, 2.45) is 0 Å². The van der Waals surface area contributed by atoms with Crippen LogP contribution in [0.15, 0.2) is 114 Å². The second-order valence-electron chi connectivity index (χ2n) is 39.8. The lowest BCUT2D eigenvalue weighted by Gasteiger charge is -2.29. The molecule has 17 heterocycles. The standard InChI is InChI=1S/C32H35F2N5O2.C30H33N5O2.C25H28BrFN4O2.C25H29FN4O4/c1-20-27(36-26-6-5-13-39(32(41)30(20)26)15-14-38-11-3-2-4-12-38)17-24-23-16-25(34)29(18-28(23)37-31(24)40)35-19-21-7-9-22(33)10-8-21;1-20-26(19-23-28-22(21-10-12-31-13-11-21)7-5-8-25(28)33-29(23)36)32-24-9-6-16-35(30(37)27(20)24)18-17-34-14-3-2-4-15-34;1-15-21(14-18-17-12-16(27)13-19(26)23(17)29-24(18)32)28-20-6-5-9-31(25(33)22(15)20)11-10-30-7-3-2-4-8-30;1-14-21(12-18-17-11-15(26)4-5-19(17)29-24(18)32)28-20-3-2-8-30(25(33)23(14)20)13-22(31)27-16-6-9-34-10-7-16/h7-10,16-18,35-36H,2-6,11-15,19H2,1H3,(H,37,40);5,7-8,10-13,19,32H,2-4,6,9,14-18H2,1H3,(H,33,36);12-14,28H,2-11H2,1H3,(H,29,32);4-5,11-12,16,22,27-28,31H,2-3,6-10,13H2,1H3,(H,29,32)/b24-17-;23-19-;18-14-;18-12-/t;;;22-/m...0/s1. The van der Waals surface area contributed by atoms with Gasteiger partial charge in [0.15, 0.2) is 0 Å². The molecule has 758 valence electrons. The number of rotatable bonds is 21. The number of ether oxygens (including phenoxy) is 1. The van der Waals surface area contributed by atoms with Crippen molar-refractivity contribution in [2.45, 2.75) is 169 Å². The zero-order valence-electron chi connectivity index (χ0n) is 82.5. The number of nitrogens with one attached hydrogen (secondary N) is 10. The number of aromatic nitrogens is 5. The summed E-state index contributed by atoms with van der Waals surface area (Å²) >= 11 is 3.32.